The first-order valence-electron chi connectivity index (χ1n) is 9.27. The largest absolute Gasteiger partial charge is 0.461 e. The number of nitrogens with one attached hydrogen (secondary N) is 1. The Labute approximate surface area is 173 Å². The molecule has 158 valence electrons. The summed E-state index contributed by atoms with van der Waals surface area (Å²) in [5.41, 5.74) is 5.27. The summed E-state index contributed by atoms with van der Waals surface area (Å²) in [6.45, 7) is 6.22. The predicted octanol–water partition coefficient (Wildman–Crippen LogP) is 0.879. The first-order chi connectivity index (χ1) is 13.8. The van der Waals surface area contributed by atoms with Gasteiger partial charge in [-0.3, -0.25) is 19.0 Å². The minimum absolute atomic E-state index is 0.0000839. The molecule has 2 aromatic rings. The fourth-order valence-corrected chi connectivity index (χ4v) is 3.41. The number of furan rings is 1. The van der Waals surface area contributed by atoms with E-state index in [0.717, 1.165) is 0 Å². The first-order valence-corrected chi connectivity index (χ1v) is 10.3. The third-order valence-electron chi connectivity index (χ3n) is 3.88. The Hall–Kier alpha value is -2.82. The smallest absolute Gasteiger partial charge is 0.239 e. The molecule has 0 atom stereocenters. The van der Waals surface area contributed by atoms with Crippen LogP contribution in [0.2, 0.25) is 0 Å². The minimum Gasteiger partial charge on any atom is -0.461 e. The van der Waals surface area contributed by atoms with Crippen molar-refractivity contribution in [2.45, 2.75) is 44.9 Å². The van der Waals surface area contributed by atoms with Gasteiger partial charge in [0, 0.05) is 25.6 Å². The molecule has 0 bridgehead atoms. The highest BCUT2D eigenvalue weighted by Gasteiger charge is 2.20. The molecule has 0 unspecified atom stereocenters. The lowest BCUT2D eigenvalue weighted by molar-refractivity contribution is -0.134. The van der Waals surface area contributed by atoms with Gasteiger partial charge in [0.15, 0.2) is 16.7 Å². The summed E-state index contributed by atoms with van der Waals surface area (Å²) in [5.74, 6) is 0.181. The van der Waals surface area contributed by atoms with Gasteiger partial charge in [0.2, 0.25) is 17.7 Å². The summed E-state index contributed by atoms with van der Waals surface area (Å²) in [7, 11) is 0. The first kappa shape index (κ1) is 22.5. The van der Waals surface area contributed by atoms with Crippen LogP contribution in [-0.4, -0.2) is 62.3 Å². The molecule has 2 heterocycles. The number of nitrogens with two attached hydrogens (primary N) is 1. The lowest BCUT2D eigenvalue weighted by Gasteiger charge is -2.21. The zero-order chi connectivity index (χ0) is 21.4. The average molecular weight is 423 g/mol. The van der Waals surface area contributed by atoms with Crippen molar-refractivity contribution >= 4 is 29.5 Å². The van der Waals surface area contributed by atoms with Crippen LogP contribution in [0.1, 0.15) is 27.2 Å². The van der Waals surface area contributed by atoms with Crippen molar-refractivity contribution in [1.82, 2.24) is 25.0 Å². The molecule has 10 nitrogen and oxygen atoms in total. The van der Waals surface area contributed by atoms with Gasteiger partial charge in [0.25, 0.3) is 0 Å². The number of hydrogen-bond donors (Lipinski definition) is 2. The molecule has 0 fully saturated rings. The number of hydrogen-bond acceptors (Lipinski definition) is 7. The minimum atomic E-state index is -0.454. The summed E-state index contributed by atoms with van der Waals surface area (Å²) in [6.07, 6.45) is 1.61. The van der Waals surface area contributed by atoms with Crippen LogP contribution in [0.25, 0.3) is 11.6 Å². The number of nitrogens with zero attached hydrogens (tertiary/aromatic N) is 4. The van der Waals surface area contributed by atoms with Crippen LogP contribution in [0.15, 0.2) is 28.0 Å². The molecule has 0 aliphatic heterocycles. The van der Waals surface area contributed by atoms with Crippen molar-refractivity contribution < 1.29 is 18.8 Å². The topological polar surface area (TPSA) is 136 Å². The van der Waals surface area contributed by atoms with E-state index in [2.05, 4.69) is 15.5 Å². The summed E-state index contributed by atoms with van der Waals surface area (Å²) in [6, 6.07) is 3.46. The zero-order valence-corrected chi connectivity index (χ0v) is 17.6. The fourth-order valence-electron chi connectivity index (χ4n) is 2.54. The number of carbonyl (C=O) groups excluding carboxylic acids is 3. The van der Waals surface area contributed by atoms with Crippen molar-refractivity contribution in [2.24, 2.45) is 5.73 Å². The Bertz CT molecular complexity index is 834. The van der Waals surface area contributed by atoms with Crippen molar-refractivity contribution in [2.75, 3.05) is 18.8 Å². The van der Waals surface area contributed by atoms with E-state index in [1.807, 2.05) is 20.8 Å². The van der Waals surface area contributed by atoms with Crippen LogP contribution in [0.3, 0.4) is 0 Å². The summed E-state index contributed by atoms with van der Waals surface area (Å²) < 4.78 is 7.07. The van der Waals surface area contributed by atoms with Gasteiger partial charge < -0.3 is 20.4 Å². The Morgan fingerprint density at radius 2 is 2.10 bits per heavy atom. The molecule has 2 rings (SSSR count). The third kappa shape index (κ3) is 6.63. The van der Waals surface area contributed by atoms with E-state index in [-0.39, 0.29) is 43.1 Å². The van der Waals surface area contributed by atoms with Crippen LogP contribution < -0.4 is 11.1 Å². The van der Waals surface area contributed by atoms with Crippen molar-refractivity contribution in [1.29, 1.82) is 0 Å². The number of amides is 3. The van der Waals surface area contributed by atoms with Gasteiger partial charge in [-0.25, -0.2) is 0 Å². The van der Waals surface area contributed by atoms with Crippen LogP contribution in [0, 0.1) is 0 Å². The van der Waals surface area contributed by atoms with Crippen LogP contribution >= 0.6 is 11.8 Å². The predicted molar refractivity (Wildman–Crippen MR) is 108 cm³/mol. The Balaban J connectivity index is 2.07. The normalized spacial score (nSPS) is 10.9. The maximum absolute atomic E-state index is 12.6. The standard InChI is InChI=1S/C18H26N6O4S/c1-4-23(10-15(26)20-12(2)3)16(27)11-29-18-22-21-17(13-6-5-9-28-13)24(18)8-7-14(19)25/h5-6,9,12H,4,7-8,10-11H2,1-3H3,(H2,19,25)(H,20,26). The molecule has 3 N–H and O–H groups in total. The van der Waals surface area contributed by atoms with Crippen LogP contribution in [0.5, 0.6) is 0 Å². The van der Waals surface area contributed by atoms with Crippen LogP contribution in [0.4, 0.5) is 0 Å². The van der Waals surface area contributed by atoms with Gasteiger partial charge in [0.05, 0.1) is 18.6 Å². The van der Waals surface area contributed by atoms with Gasteiger partial charge in [-0.2, -0.15) is 0 Å². The molecule has 0 saturated carbocycles. The van der Waals surface area contributed by atoms with Crippen molar-refractivity contribution in [3.63, 3.8) is 0 Å². The molecular formula is C18H26N6O4S. The zero-order valence-electron chi connectivity index (χ0n) is 16.8. The quantitative estimate of drug-likeness (QED) is 0.513. The number of likely N-dealkylation sites (N-methyl/N-ethyl adjacent to an activating group) is 1. The Morgan fingerprint density at radius 1 is 1.34 bits per heavy atom. The lowest BCUT2D eigenvalue weighted by atomic mass is 10.3. The highest BCUT2D eigenvalue weighted by atomic mass is 32.2. The van der Waals surface area contributed by atoms with Crippen LogP contribution in [-0.2, 0) is 20.9 Å². The monoisotopic (exact) mass is 422 g/mol. The van der Waals surface area contributed by atoms with Gasteiger partial charge in [-0.1, -0.05) is 11.8 Å². The lowest BCUT2D eigenvalue weighted by Crippen LogP contribution is -2.43. The Kier molecular flexibility index (Phi) is 8.25. The van der Waals surface area contributed by atoms with E-state index in [4.69, 9.17) is 10.2 Å². The highest BCUT2D eigenvalue weighted by Crippen LogP contribution is 2.25. The van der Waals surface area contributed by atoms with E-state index in [1.54, 1.807) is 16.7 Å². The summed E-state index contributed by atoms with van der Waals surface area (Å²) in [4.78, 5) is 37.2. The van der Waals surface area contributed by atoms with E-state index in [0.29, 0.717) is 23.3 Å². The number of thioether (sulfide) groups is 1. The van der Waals surface area contributed by atoms with Crippen molar-refractivity contribution in [3.05, 3.63) is 18.4 Å². The molecule has 0 aromatic carbocycles. The second-order valence-electron chi connectivity index (χ2n) is 6.57. The molecule has 29 heavy (non-hydrogen) atoms. The molecule has 0 saturated heterocycles. The highest BCUT2D eigenvalue weighted by molar-refractivity contribution is 7.99. The van der Waals surface area contributed by atoms with E-state index >= 15 is 0 Å². The third-order valence-corrected chi connectivity index (χ3v) is 4.84. The number of primary amides is 1. The molecule has 2 aromatic heterocycles. The number of carbonyl (C=O) groups is 3. The van der Waals surface area contributed by atoms with E-state index in [1.165, 1.54) is 22.9 Å². The molecule has 0 spiro atoms. The van der Waals surface area contributed by atoms with Gasteiger partial charge in [0.1, 0.15) is 0 Å². The summed E-state index contributed by atoms with van der Waals surface area (Å²) >= 11 is 1.18. The van der Waals surface area contributed by atoms with E-state index < -0.39 is 5.91 Å². The van der Waals surface area contributed by atoms with E-state index in [9.17, 15) is 14.4 Å². The molecule has 0 aliphatic carbocycles. The molecule has 0 radical (unpaired) electrons. The van der Waals surface area contributed by atoms with Gasteiger partial charge >= 0.3 is 0 Å². The molecule has 11 heteroatoms. The molecule has 0 aliphatic rings. The number of aromatic nitrogens is 3. The Morgan fingerprint density at radius 3 is 2.69 bits per heavy atom. The van der Waals surface area contributed by atoms with Crippen molar-refractivity contribution in [3.8, 4) is 11.6 Å². The number of rotatable bonds is 11. The SMILES string of the molecule is CCN(CC(=O)NC(C)C)C(=O)CSc1nnc(-c2ccco2)n1CCC(N)=O. The maximum Gasteiger partial charge on any atom is 0.239 e. The average Bonchev–Trinajstić information content (AvgIpc) is 3.30. The fraction of sp³-hybridized carbons (Fsp3) is 0.500. The van der Waals surface area contributed by atoms with Gasteiger partial charge in [-0.05, 0) is 32.9 Å². The second kappa shape index (κ2) is 10.6. The summed E-state index contributed by atoms with van der Waals surface area (Å²) in [5, 5.41) is 11.5. The molecule has 3 amide bonds. The maximum atomic E-state index is 12.6. The molecular weight excluding hydrogens is 396 g/mol. The van der Waals surface area contributed by atoms with Gasteiger partial charge in [-0.15, -0.1) is 10.2 Å². The second-order valence-corrected chi connectivity index (χ2v) is 7.51.